The Morgan fingerprint density at radius 2 is 0.952 bits per heavy atom. The lowest BCUT2D eigenvalue weighted by Crippen LogP contribution is -2.50. The largest absolute Gasteiger partial charge is 0.423 e. The van der Waals surface area contributed by atoms with Crippen molar-refractivity contribution >= 4 is 46.9 Å². The molecule has 2 heterocycles. The molecule has 0 spiro atoms. The van der Waals surface area contributed by atoms with Gasteiger partial charge in [0.15, 0.2) is 0 Å². The fraction of sp³-hybridized carbons (Fsp3) is 0.250. The van der Waals surface area contributed by atoms with Gasteiger partial charge >= 0.3 is 11.9 Å². The molecule has 42 heavy (non-hydrogen) atoms. The number of rotatable bonds is 6. The number of amides is 4. The van der Waals surface area contributed by atoms with Gasteiger partial charge in [-0.1, -0.05) is 37.4 Å². The number of esters is 2. The van der Waals surface area contributed by atoms with Crippen LogP contribution in [0.1, 0.15) is 13.8 Å². The Bertz CT molecular complexity index is 1510. The van der Waals surface area contributed by atoms with E-state index in [0.29, 0.717) is 0 Å². The average Bonchev–Trinajstić information content (AvgIpc) is 3.40. The lowest BCUT2D eigenvalue weighted by atomic mass is 9.54. The van der Waals surface area contributed by atoms with E-state index in [9.17, 15) is 28.8 Å². The van der Waals surface area contributed by atoms with Gasteiger partial charge in [-0.25, -0.2) is 19.4 Å². The van der Waals surface area contributed by atoms with E-state index in [-0.39, 0.29) is 34.0 Å². The number of carbonyl (C=O) groups is 6. The Morgan fingerprint density at radius 3 is 1.26 bits per heavy atom. The minimum absolute atomic E-state index is 0.145. The molecule has 2 saturated heterocycles. The Morgan fingerprint density at radius 1 is 0.619 bits per heavy atom. The highest BCUT2D eigenvalue weighted by Crippen LogP contribution is 2.58. The van der Waals surface area contributed by atoms with Crippen LogP contribution in [0.4, 0.5) is 11.4 Å². The molecular formula is C32H26N2O8. The second-order valence-corrected chi connectivity index (χ2v) is 11.0. The van der Waals surface area contributed by atoms with E-state index in [2.05, 4.69) is 13.2 Å². The summed E-state index contributed by atoms with van der Waals surface area (Å²) < 4.78 is 10.6. The van der Waals surface area contributed by atoms with Crippen molar-refractivity contribution in [3.8, 4) is 11.5 Å². The topological polar surface area (TPSA) is 127 Å². The Labute approximate surface area is 240 Å². The van der Waals surface area contributed by atoms with Crippen LogP contribution in [-0.2, 0) is 28.8 Å². The Balaban J connectivity index is 1.30. The van der Waals surface area contributed by atoms with Crippen LogP contribution >= 0.6 is 0 Å². The molecule has 2 aromatic rings. The first kappa shape index (κ1) is 27.1. The molecular weight excluding hydrogens is 540 g/mol. The van der Waals surface area contributed by atoms with Crippen LogP contribution in [0.2, 0.25) is 0 Å². The molecule has 1 saturated carbocycles. The Hall–Kier alpha value is -5.12. The molecule has 0 N–H and O–H groups in total. The molecule has 10 heteroatoms. The molecule has 7 rings (SSSR count). The number of nitrogens with zero attached hydrogens (tertiary/aromatic N) is 2. The monoisotopic (exact) mass is 566 g/mol. The standard InChI is InChI=1S/C32H26N2O8/c1-15(2)31(39)41-19-9-5-7-17(13-19)33-27(35)23-21-11-12-22(24(23)28(33)36)26-25(21)29(37)34(30(26)38)18-8-6-10-20(14-18)42-32(40)16(3)4/h5-14,21-26H,1,3H2,2,4H3/t21?,22?,23-,24+,25-,26+. The number of carbonyl (C=O) groups excluding carboxylic acids is 6. The Kier molecular flexibility index (Phi) is 6.29. The molecule has 0 radical (unpaired) electrons. The van der Waals surface area contributed by atoms with Gasteiger partial charge in [0, 0.05) is 35.1 Å². The number of hydrogen-bond donors (Lipinski definition) is 0. The van der Waals surface area contributed by atoms with Gasteiger partial charge in [-0.2, -0.15) is 0 Å². The van der Waals surface area contributed by atoms with Crippen molar-refractivity contribution in [2.24, 2.45) is 35.5 Å². The van der Waals surface area contributed by atoms with Gasteiger partial charge in [0.05, 0.1) is 35.0 Å². The summed E-state index contributed by atoms with van der Waals surface area (Å²) in [6, 6.07) is 12.2. The minimum atomic E-state index is -0.824. The molecule has 212 valence electrons. The van der Waals surface area contributed by atoms with Crippen molar-refractivity contribution in [3.63, 3.8) is 0 Å². The predicted octanol–water partition coefficient (Wildman–Crippen LogP) is 3.38. The highest BCUT2D eigenvalue weighted by Gasteiger charge is 2.68. The molecule has 4 atom stereocenters. The van der Waals surface area contributed by atoms with Crippen molar-refractivity contribution in [1.82, 2.24) is 0 Å². The normalized spacial score (nSPS) is 27.2. The molecule has 2 aromatic carbocycles. The minimum Gasteiger partial charge on any atom is -0.423 e. The van der Waals surface area contributed by atoms with E-state index in [0.717, 1.165) is 9.80 Å². The van der Waals surface area contributed by atoms with Crippen LogP contribution in [0.25, 0.3) is 0 Å². The molecule has 0 aromatic heterocycles. The highest BCUT2D eigenvalue weighted by atomic mass is 16.5. The zero-order valence-corrected chi connectivity index (χ0v) is 22.8. The van der Waals surface area contributed by atoms with Gasteiger partial charge in [0.2, 0.25) is 23.6 Å². The molecule has 3 fully saturated rings. The van der Waals surface area contributed by atoms with Crippen molar-refractivity contribution in [2.75, 3.05) is 9.80 Å². The number of benzene rings is 2. The second kappa shape index (κ2) is 9.76. The molecule has 10 nitrogen and oxygen atoms in total. The molecule has 2 aliphatic heterocycles. The maximum absolute atomic E-state index is 13.8. The summed E-state index contributed by atoms with van der Waals surface area (Å²) in [7, 11) is 0. The first-order valence-corrected chi connectivity index (χ1v) is 13.4. The third-order valence-electron chi connectivity index (χ3n) is 8.28. The van der Waals surface area contributed by atoms with Crippen molar-refractivity contribution < 1.29 is 38.2 Å². The van der Waals surface area contributed by atoms with E-state index >= 15 is 0 Å². The summed E-state index contributed by atoms with van der Waals surface area (Å²) in [5.74, 6) is -7.52. The van der Waals surface area contributed by atoms with E-state index in [1.165, 1.54) is 38.1 Å². The molecule has 4 amide bonds. The fourth-order valence-corrected chi connectivity index (χ4v) is 6.50. The molecule has 2 bridgehead atoms. The van der Waals surface area contributed by atoms with E-state index in [4.69, 9.17) is 9.47 Å². The summed E-state index contributed by atoms with van der Waals surface area (Å²) in [4.78, 5) is 81.3. The van der Waals surface area contributed by atoms with Gasteiger partial charge in [-0.15, -0.1) is 0 Å². The molecule has 5 aliphatic rings. The lowest BCUT2D eigenvalue weighted by molar-refractivity contribution is -0.137. The summed E-state index contributed by atoms with van der Waals surface area (Å²) in [6.07, 6.45) is 3.54. The number of allylic oxidation sites excluding steroid dienone is 2. The fourth-order valence-electron chi connectivity index (χ4n) is 6.50. The number of imide groups is 2. The van der Waals surface area contributed by atoms with Crippen LogP contribution in [0, 0.1) is 35.5 Å². The SMILES string of the molecule is C=C(C)C(=O)Oc1cccc(N2C(=O)[C@@H]3C4C=CC([C@@H]3C2=O)[C@@H]2C(=O)N(c3cccc(OC(=O)C(=C)C)c3)C(=O)[C@H]42)c1. The van der Waals surface area contributed by atoms with Gasteiger partial charge < -0.3 is 9.47 Å². The zero-order valence-electron chi connectivity index (χ0n) is 22.8. The summed E-state index contributed by atoms with van der Waals surface area (Å²) >= 11 is 0. The zero-order chi connectivity index (χ0) is 30.0. The highest BCUT2D eigenvalue weighted by molar-refractivity contribution is 6.26. The van der Waals surface area contributed by atoms with Crippen LogP contribution in [0.3, 0.4) is 0 Å². The van der Waals surface area contributed by atoms with E-state index in [1.54, 1.807) is 36.4 Å². The molecule has 0 unspecified atom stereocenters. The summed E-state index contributed by atoms with van der Waals surface area (Å²) in [5.41, 5.74) is 0.849. The maximum atomic E-state index is 13.8. The van der Waals surface area contributed by atoms with Crippen LogP contribution in [-0.4, -0.2) is 35.6 Å². The van der Waals surface area contributed by atoms with Gasteiger partial charge in [-0.05, 0) is 38.1 Å². The quantitative estimate of drug-likeness (QED) is 0.171. The molecule has 3 aliphatic carbocycles. The summed E-state index contributed by atoms with van der Waals surface area (Å²) in [5, 5.41) is 0. The van der Waals surface area contributed by atoms with E-state index in [1.807, 2.05) is 0 Å². The van der Waals surface area contributed by atoms with Crippen molar-refractivity contribution in [1.29, 1.82) is 0 Å². The van der Waals surface area contributed by atoms with Crippen molar-refractivity contribution in [3.05, 3.63) is 85.0 Å². The summed E-state index contributed by atoms with van der Waals surface area (Å²) in [6.45, 7) is 10.1. The third kappa shape index (κ3) is 4.01. The van der Waals surface area contributed by atoms with E-state index < -0.39 is 71.1 Å². The van der Waals surface area contributed by atoms with Crippen LogP contribution in [0.5, 0.6) is 11.5 Å². The first-order chi connectivity index (χ1) is 20.0. The number of anilines is 2. The number of hydrogen-bond acceptors (Lipinski definition) is 8. The third-order valence-corrected chi connectivity index (χ3v) is 8.28. The average molecular weight is 567 g/mol. The lowest BCUT2D eigenvalue weighted by Gasteiger charge is -2.44. The van der Waals surface area contributed by atoms with Gasteiger partial charge in [0.1, 0.15) is 11.5 Å². The predicted molar refractivity (Wildman–Crippen MR) is 149 cm³/mol. The van der Waals surface area contributed by atoms with Gasteiger partial charge in [0.25, 0.3) is 0 Å². The van der Waals surface area contributed by atoms with Crippen LogP contribution < -0.4 is 19.3 Å². The second-order valence-electron chi connectivity index (χ2n) is 11.0. The first-order valence-electron chi connectivity index (χ1n) is 13.4. The van der Waals surface area contributed by atoms with Gasteiger partial charge in [-0.3, -0.25) is 19.2 Å². The number of ether oxygens (including phenoxy) is 2. The van der Waals surface area contributed by atoms with Crippen LogP contribution in [0.15, 0.2) is 85.0 Å². The van der Waals surface area contributed by atoms with Crippen molar-refractivity contribution in [2.45, 2.75) is 13.8 Å². The maximum Gasteiger partial charge on any atom is 0.338 e. The smallest absolute Gasteiger partial charge is 0.338 e.